The Bertz CT molecular complexity index is 325. The van der Waals surface area contributed by atoms with Crippen molar-refractivity contribution in [2.45, 2.75) is 4.90 Å². The molecule has 0 aliphatic carbocycles. The summed E-state index contributed by atoms with van der Waals surface area (Å²) in [5.74, 6) is -0.167. The summed E-state index contributed by atoms with van der Waals surface area (Å²) in [7, 11) is 0. The van der Waals surface area contributed by atoms with Gasteiger partial charge in [-0.05, 0) is 24.5 Å². The van der Waals surface area contributed by atoms with Crippen LogP contribution in [0.1, 0.15) is 10.4 Å². The SMILES string of the molecule is CSc1ccc(Cl)c(C(=O)CCl)c1. The van der Waals surface area contributed by atoms with E-state index >= 15 is 0 Å². The summed E-state index contributed by atoms with van der Waals surface area (Å²) in [6.45, 7) is 0. The van der Waals surface area contributed by atoms with Gasteiger partial charge in [0.15, 0.2) is 5.78 Å². The minimum absolute atomic E-state index is 0.0302. The van der Waals surface area contributed by atoms with Crippen molar-refractivity contribution in [3.05, 3.63) is 28.8 Å². The first-order chi connectivity index (χ1) is 6.19. The molecule has 13 heavy (non-hydrogen) atoms. The van der Waals surface area contributed by atoms with Crippen LogP contribution >= 0.6 is 35.0 Å². The Kier molecular flexibility index (Phi) is 4.10. The number of rotatable bonds is 3. The topological polar surface area (TPSA) is 17.1 Å². The monoisotopic (exact) mass is 234 g/mol. The second-order valence-corrected chi connectivity index (χ2v) is 3.96. The van der Waals surface area contributed by atoms with Gasteiger partial charge in [-0.2, -0.15) is 0 Å². The molecule has 0 aliphatic rings. The number of benzene rings is 1. The lowest BCUT2D eigenvalue weighted by molar-refractivity contribution is 0.102. The van der Waals surface area contributed by atoms with Gasteiger partial charge < -0.3 is 0 Å². The molecule has 0 bridgehead atoms. The van der Waals surface area contributed by atoms with Crippen molar-refractivity contribution in [2.75, 3.05) is 12.1 Å². The van der Waals surface area contributed by atoms with Crippen molar-refractivity contribution in [1.82, 2.24) is 0 Å². The molecular formula is C9H8Cl2OS. The zero-order valence-corrected chi connectivity index (χ0v) is 9.34. The van der Waals surface area contributed by atoms with E-state index in [-0.39, 0.29) is 11.7 Å². The number of hydrogen-bond donors (Lipinski definition) is 0. The molecule has 0 saturated heterocycles. The molecule has 0 atom stereocenters. The maximum Gasteiger partial charge on any atom is 0.179 e. The van der Waals surface area contributed by atoms with Crippen LogP contribution in [0.4, 0.5) is 0 Å². The Morgan fingerprint density at radius 2 is 2.23 bits per heavy atom. The maximum atomic E-state index is 11.3. The third-order valence-corrected chi connectivity index (χ3v) is 2.89. The van der Waals surface area contributed by atoms with E-state index in [4.69, 9.17) is 23.2 Å². The Labute approximate surface area is 91.4 Å². The van der Waals surface area contributed by atoms with Crippen molar-refractivity contribution in [3.63, 3.8) is 0 Å². The summed E-state index contributed by atoms with van der Waals surface area (Å²) in [6.07, 6.45) is 1.94. The minimum Gasteiger partial charge on any atom is -0.293 e. The number of thioether (sulfide) groups is 1. The molecule has 0 spiro atoms. The molecule has 0 saturated carbocycles. The Hall–Kier alpha value is -0.180. The molecule has 1 aromatic rings. The van der Waals surface area contributed by atoms with Gasteiger partial charge in [0.1, 0.15) is 0 Å². The fourth-order valence-electron chi connectivity index (χ4n) is 0.917. The highest BCUT2D eigenvalue weighted by Crippen LogP contribution is 2.23. The van der Waals surface area contributed by atoms with Crippen LogP contribution < -0.4 is 0 Å². The van der Waals surface area contributed by atoms with E-state index < -0.39 is 0 Å². The molecule has 0 heterocycles. The third kappa shape index (κ3) is 2.63. The first-order valence-corrected chi connectivity index (χ1v) is 5.75. The summed E-state index contributed by atoms with van der Waals surface area (Å²) < 4.78 is 0. The summed E-state index contributed by atoms with van der Waals surface area (Å²) in [6, 6.07) is 5.35. The van der Waals surface area contributed by atoms with E-state index in [1.165, 1.54) is 0 Å². The zero-order chi connectivity index (χ0) is 9.84. The van der Waals surface area contributed by atoms with Gasteiger partial charge in [0.25, 0.3) is 0 Å². The van der Waals surface area contributed by atoms with Gasteiger partial charge in [0, 0.05) is 10.5 Å². The number of hydrogen-bond acceptors (Lipinski definition) is 2. The number of halogens is 2. The highest BCUT2D eigenvalue weighted by atomic mass is 35.5. The average Bonchev–Trinajstić information content (AvgIpc) is 2.17. The van der Waals surface area contributed by atoms with Crippen LogP contribution in [0.25, 0.3) is 0 Å². The second kappa shape index (κ2) is 4.89. The van der Waals surface area contributed by atoms with E-state index in [2.05, 4.69) is 0 Å². The van der Waals surface area contributed by atoms with Gasteiger partial charge in [0.2, 0.25) is 0 Å². The number of carbonyl (C=O) groups excluding carboxylic acids is 1. The van der Waals surface area contributed by atoms with Crippen LogP contribution in [0.5, 0.6) is 0 Å². The van der Waals surface area contributed by atoms with Crippen LogP contribution in [0.15, 0.2) is 23.1 Å². The molecule has 0 fully saturated rings. The molecular weight excluding hydrogens is 227 g/mol. The minimum atomic E-state index is -0.137. The highest BCUT2D eigenvalue weighted by Gasteiger charge is 2.09. The van der Waals surface area contributed by atoms with Crippen LogP contribution in [0, 0.1) is 0 Å². The molecule has 0 radical (unpaired) electrons. The van der Waals surface area contributed by atoms with Gasteiger partial charge in [0.05, 0.1) is 10.9 Å². The van der Waals surface area contributed by atoms with Gasteiger partial charge in [-0.15, -0.1) is 23.4 Å². The molecule has 0 unspecified atom stereocenters. The van der Waals surface area contributed by atoms with E-state index in [0.29, 0.717) is 10.6 Å². The lowest BCUT2D eigenvalue weighted by Crippen LogP contribution is -2.01. The van der Waals surface area contributed by atoms with Crippen molar-refractivity contribution in [1.29, 1.82) is 0 Å². The number of ketones is 1. The second-order valence-electron chi connectivity index (χ2n) is 2.40. The molecule has 1 rings (SSSR count). The van der Waals surface area contributed by atoms with Gasteiger partial charge in [-0.25, -0.2) is 0 Å². The number of Topliss-reactive ketones (excluding diaryl/α,β-unsaturated/α-hetero) is 1. The quantitative estimate of drug-likeness (QED) is 0.453. The Balaban J connectivity index is 3.11. The van der Waals surface area contributed by atoms with Gasteiger partial charge in [-0.3, -0.25) is 4.79 Å². The Morgan fingerprint density at radius 1 is 1.54 bits per heavy atom. The van der Waals surface area contributed by atoms with Crippen LogP contribution in [-0.2, 0) is 0 Å². The van der Waals surface area contributed by atoms with Gasteiger partial charge >= 0.3 is 0 Å². The summed E-state index contributed by atoms with van der Waals surface area (Å²) in [5, 5.41) is 0.462. The van der Waals surface area contributed by atoms with Crippen LogP contribution in [0.2, 0.25) is 5.02 Å². The Morgan fingerprint density at radius 3 is 2.77 bits per heavy atom. The molecule has 0 aromatic heterocycles. The fraction of sp³-hybridized carbons (Fsp3) is 0.222. The predicted molar refractivity (Wildman–Crippen MR) is 58.3 cm³/mol. The molecule has 4 heteroatoms. The standard InChI is InChI=1S/C9H8Cl2OS/c1-13-6-2-3-8(11)7(4-6)9(12)5-10/h2-4H,5H2,1H3. The third-order valence-electron chi connectivity index (χ3n) is 1.60. The largest absolute Gasteiger partial charge is 0.293 e. The maximum absolute atomic E-state index is 11.3. The first-order valence-electron chi connectivity index (χ1n) is 3.61. The molecule has 0 amide bonds. The molecule has 1 aromatic carbocycles. The van der Waals surface area contributed by atoms with Gasteiger partial charge in [-0.1, -0.05) is 11.6 Å². The van der Waals surface area contributed by atoms with Crippen molar-refractivity contribution in [2.24, 2.45) is 0 Å². The summed E-state index contributed by atoms with van der Waals surface area (Å²) in [5.41, 5.74) is 0.503. The number of carbonyl (C=O) groups is 1. The lowest BCUT2D eigenvalue weighted by atomic mass is 10.1. The summed E-state index contributed by atoms with van der Waals surface area (Å²) >= 11 is 12.8. The highest BCUT2D eigenvalue weighted by molar-refractivity contribution is 7.98. The smallest absolute Gasteiger partial charge is 0.179 e. The van der Waals surface area contributed by atoms with E-state index in [9.17, 15) is 4.79 Å². The average molecular weight is 235 g/mol. The van der Waals surface area contributed by atoms with Crippen LogP contribution in [-0.4, -0.2) is 17.9 Å². The van der Waals surface area contributed by atoms with Crippen molar-refractivity contribution in [3.8, 4) is 0 Å². The van der Waals surface area contributed by atoms with E-state index in [1.54, 1.807) is 23.9 Å². The lowest BCUT2D eigenvalue weighted by Gasteiger charge is -2.02. The molecule has 0 aliphatic heterocycles. The first kappa shape index (κ1) is 10.9. The van der Waals surface area contributed by atoms with Crippen molar-refractivity contribution < 1.29 is 4.79 Å². The van der Waals surface area contributed by atoms with E-state index in [0.717, 1.165) is 4.90 Å². The zero-order valence-electron chi connectivity index (χ0n) is 7.01. The van der Waals surface area contributed by atoms with Crippen molar-refractivity contribution >= 4 is 40.7 Å². The van der Waals surface area contributed by atoms with Crippen LogP contribution in [0.3, 0.4) is 0 Å². The molecule has 70 valence electrons. The normalized spacial score (nSPS) is 10.1. The predicted octanol–water partition coefficient (Wildman–Crippen LogP) is 3.48. The fourth-order valence-corrected chi connectivity index (χ4v) is 1.72. The van der Waals surface area contributed by atoms with E-state index in [1.807, 2.05) is 12.3 Å². The molecule has 0 N–H and O–H groups in total. The number of alkyl halides is 1. The molecule has 1 nitrogen and oxygen atoms in total. The summed E-state index contributed by atoms with van der Waals surface area (Å²) in [4.78, 5) is 12.3.